The van der Waals surface area contributed by atoms with Crippen LogP contribution < -0.4 is 14.4 Å². The molecule has 0 aromatic heterocycles. The van der Waals surface area contributed by atoms with Gasteiger partial charge in [-0.3, -0.25) is 9.10 Å². The Morgan fingerprint density at radius 2 is 1.61 bits per heavy atom. The molecular weight excluding hydrogens is 376 g/mol. The van der Waals surface area contributed by atoms with Gasteiger partial charge in [-0.1, -0.05) is 0 Å². The number of sulfonamides is 1. The predicted octanol–water partition coefficient (Wildman–Crippen LogP) is 2.93. The SMILES string of the molecule is C[C@@H](Oc1ccc(N(C)S(C)(=O)=O)cc1)C(=O)NC12CC3CC(CC(C3)C1)C2. The van der Waals surface area contributed by atoms with Crippen LogP contribution in [0.15, 0.2) is 24.3 Å². The van der Waals surface area contributed by atoms with Gasteiger partial charge in [0.05, 0.1) is 11.9 Å². The van der Waals surface area contributed by atoms with Gasteiger partial charge in [0, 0.05) is 12.6 Å². The maximum Gasteiger partial charge on any atom is 0.261 e. The molecule has 0 heterocycles. The van der Waals surface area contributed by atoms with E-state index in [1.54, 1.807) is 31.2 Å². The maximum absolute atomic E-state index is 12.8. The summed E-state index contributed by atoms with van der Waals surface area (Å²) in [5, 5.41) is 3.34. The highest BCUT2D eigenvalue weighted by atomic mass is 32.2. The average Bonchev–Trinajstić information content (AvgIpc) is 2.59. The molecule has 4 aliphatic rings. The van der Waals surface area contributed by atoms with Gasteiger partial charge < -0.3 is 10.1 Å². The molecular formula is C21H30N2O4S. The van der Waals surface area contributed by atoms with E-state index in [-0.39, 0.29) is 11.4 Å². The first kappa shape index (κ1) is 19.6. The Bertz CT molecular complexity index is 814. The van der Waals surface area contributed by atoms with Crippen molar-refractivity contribution in [3.63, 3.8) is 0 Å². The molecule has 1 atom stereocenters. The van der Waals surface area contributed by atoms with Crippen LogP contribution >= 0.6 is 0 Å². The maximum atomic E-state index is 12.8. The number of benzene rings is 1. The zero-order chi connectivity index (χ0) is 20.1. The van der Waals surface area contributed by atoms with Gasteiger partial charge in [-0.25, -0.2) is 8.42 Å². The molecule has 4 aliphatic carbocycles. The normalized spacial score (nSPS) is 32.0. The summed E-state index contributed by atoms with van der Waals surface area (Å²) in [5.74, 6) is 2.84. The Kier molecular flexibility index (Phi) is 4.84. The van der Waals surface area contributed by atoms with Crippen molar-refractivity contribution in [3.8, 4) is 5.75 Å². The molecule has 4 fully saturated rings. The number of nitrogens with zero attached hydrogens (tertiary/aromatic N) is 1. The van der Waals surface area contributed by atoms with Gasteiger partial charge in [-0.15, -0.1) is 0 Å². The first-order valence-corrected chi connectivity index (χ1v) is 12.0. The summed E-state index contributed by atoms with van der Waals surface area (Å²) in [5.41, 5.74) is 0.534. The van der Waals surface area contributed by atoms with E-state index in [4.69, 9.17) is 4.74 Å². The lowest BCUT2D eigenvalue weighted by atomic mass is 9.53. The number of hydrogen-bond acceptors (Lipinski definition) is 4. The molecule has 4 bridgehead atoms. The van der Waals surface area contributed by atoms with Gasteiger partial charge in [0.15, 0.2) is 6.10 Å². The first-order chi connectivity index (χ1) is 13.1. The molecule has 154 valence electrons. The van der Waals surface area contributed by atoms with E-state index in [9.17, 15) is 13.2 Å². The van der Waals surface area contributed by atoms with Crippen LogP contribution in [0.25, 0.3) is 0 Å². The lowest BCUT2D eigenvalue weighted by Gasteiger charge is -2.57. The van der Waals surface area contributed by atoms with E-state index < -0.39 is 16.1 Å². The van der Waals surface area contributed by atoms with Crippen molar-refractivity contribution in [2.24, 2.45) is 17.8 Å². The van der Waals surface area contributed by atoms with E-state index in [2.05, 4.69) is 5.32 Å². The molecule has 7 heteroatoms. The van der Waals surface area contributed by atoms with Crippen LogP contribution in [0.5, 0.6) is 5.75 Å². The summed E-state index contributed by atoms with van der Waals surface area (Å²) in [4.78, 5) is 12.8. The third-order valence-electron chi connectivity index (χ3n) is 6.81. The lowest BCUT2D eigenvalue weighted by Crippen LogP contribution is -2.61. The summed E-state index contributed by atoms with van der Waals surface area (Å²) in [7, 11) is -1.80. The smallest absolute Gasteiger partial charge is 0.261 e. The number of carbonyl (C=O) groups excluding carboxylic acids is 1. The highest BCUT2D eigenvalue weighted by molar-refractivity contribution is 7.92. The minimum absolute atomic E-state index is 0.0223. The molecule has 28 heavy (non-hydrogen) atoms. The molecule has 1 aromatic rings. The minimum atomic E-state index is -3.30. The van der Waals surface area contributed by atoms with Crippen LogP contribution in [0.1, 0.15) is 45.4 Å². The van der Waals surface area contributed by atoms with Crippen molar-refractivity contribution in [1.82, 2.24) is 5.32 Å². The van der Waals surface area contributed by atoms with Gasteiger partial charge in [0.25, 0.3) is 5.91 Å². The second kappa shape index (κ2) is 6.94. The highest BCUT2D eigenvalue weighted by Crippen LogP contribution is 2.55. The molecule has 0 aliphatic heterocycles. The lowest BCUT2D eigenvalue weighted by molar-refractivity contribution is -0.133. The minimum Gasteiger partial charge on any atom is -0.481 e. The number of carbonyl (C=O) groups is 1. The fourth-order valence-corrected chi connectivity index (χ4v) is 6.32. The second-order valence-electron chi connectivity index (χ2n) is 9.17. The van der Waals surface area contributed by atoms with Gasteiger partial charge in [-0.05, 0) is 87.5 Å². The van der Waals surface area contributed by atoms with E-state index >= 15 is 0 Å². The Morgan fingerprint density at radius 1 is 1.11 bits per heavy atom. The Balaban J connectivity index is 1.37. The Morgan fingerprint density at radius 3 is 2.07 bits per heavy atom. The van der Waals surface area contributed by atoms with Gasteiger partial charge in [0.2, 0.25) is 10.0 Å². The molecule has 1 amide bonds. The van der Waals surface area contributed by atoms with E-state index in [0.717, 1.165) is 43.3 Å². The van der Waals surface area contributed by atoms with Crippen molar-refractivity contribution >= 4 is 21.6 Å². The number of nitrogens with one attached hydrogen (secondary N) is 1. The largest absolute Gasteiger partial charge is 0.481 e. The Labute approximate surface area is 167 Å². The van der Waals surface area contributed by atoms with Crippen molar-refractivity contribution in [1.29, 1.82) is 0 Å². The molecule has 0 unspecified atom stereocenters. The van der Waals surface area contributed by atoms with Crippen LogP contribution in [0, 0.1) is 17.8 Å². The van der Waals surface area contributed by atoms with Crippen LogP contribution in [-0.2, 0) is 14.8 Å². The van der Waals surface area contributed by atoms with E-state index in [0.29, 0.717) is 11.4 Å². The topological polar surface area (TPSA) is 75.7 Å². The highest BCUT2D eigenvalue weighted by Gasteiger charge is 2.51. The van der Waals surface area contributed by atoms with Crippen molar-refractivity contribution in [3.05, 3.63) is 24.3 Å². The molecule has 0 saturated heterocycles. The zero-order valence-electron chi connectivity index (χ0n) is 16.8. The van der Waals surface area contributed by atoms with Gasteiger partial charge >= 0.3 is 0 Å². The van der Waals surface area contributed by atoms with Crippen LogP contribution in [0.4, 0.5) is 5.69 Å². The fourth-order valence-electron chi connectivity index (χ4n) is 5.81. The molecule has 6 nitrogen and oxygen atoms in total. The van der Waals surface area contributed by atoms with Gasteiger partial charge in [-0.2, -0.15) is 0 Å². The number of rotatable bonds is 6. The van der Waals surface area contributed by atoms with E-state index in [1.807, 2.05) is 0 Å². The predicted molar refractivity (Wildman–Crippen MR) is 109 cm³/mol. The first-order valence-electron chi connectivity index (χ1n) is 10.2. The van der Waals surface area contributed by atoms with Crippen molar-refractivity contribution in [2.75, 3.05) is 17.6 Å². The quantitative estimate of drug-likeness (QED) is 0.788. The molecule has 1 aromatic carbocycles. The zero-order valence-corrected chi connectivity index (χ0v) is 17.7. The number of ether oxygens (including phenoxy) is 1. The van der Waals surface area contributed by atoms with Crippen LogP contribution in [0.3, 0.4) is 0 Å². The number of amides is 1. The number of anilines is 1. The third kappa shape index (κ3) is 3.86. The average molecular weight is 407 g/mol. The molecule has 0 spiro atoms. The monoisotopic (exact) mass is 406 g/mol. The van der Waals surface area contributed by atoms with Crippen molar-refractivity contribution in [2.45, 2.75) is 57.1 Å². The summed E-state index contributed by atoms with van der Waals surface area (Å²) in [6.45, 7) is 1.77. The standard InChI is InChI=1S/C21H30N2O4S/c1-14(27-19-6-4-18(5-7-19)23(2)28(3,25)26)20(24)22-21-11-15-8-16(12-21)10-17(9-15)13-21/h4-7,14-17H,8-13H2,1-3H3,(H,22,24)/t14-,15?,16?,17?,21?/m1/s1. The van der Waals surface area contributed by atoms with Crippen LogP contribution in [0.2, 0.25) is 0 Å². The van der Waals surface area contributed by atoms with Crippen LogP contribution in [-0.4, -0.2) is 39.3 Å². The molecule has 0 radical (unpaired) electrons. The molecule has 4 saturated carbocycles. The second-order valence-corrected chi connectivity index (χ2v) is 11.2. The third-order valence-corrected chi connectivity index (χ3v) is 8.01. The van der Waals surface area contributed by atoms with Crippen molar-refractivity contribution < 1.29 is 17.9 Å². The summed E-state index contributed by atoms with van der Waals surface area (Å²) < 4.78 is 30.3. The van der Waals surface area contributed by atoms with E-state index in [1.165, 1.54) is 30.6 Å². The molecule has 5 rings (SSSR count). The summed E-state index contributed by atoms with van der Waals surface area (Å²) >= 11 is 0. The van der Waals surface area contributed by atoms with Gasteiger partial charge in [0.1, 0.15) is 5.75 Å². The summed E-state index contributed by atoms with van der Waals surface area (Å²) in [6.07, 6.45) is 7.94. The fraction of sp³-hybridized carbons (Fsp3) is 0.667. The molecule has 1 N–H and O–H groups in total. The Hall–Kier alpha value is -1.76. The summed E-state index contributed by atoms with van der Waals surface area (Å²) in [6, 6.07) is 6.76. The number of hydrogen-bond donors (Lipinski definition) is 1.